The summed E-state index contributed by atoms with van der Waals surface area (Å²) in [5.41, 5.74) is 5.87. The van der Waals surface area contributed by atoms with Gasteiger partial charge in [0.25, 0.3) is 0 Å². The van der Waals surface area contributed by atoms with Gasteiger partial charge in [0.05, 0.1) is 23.0 Å². The Hall–Kier alpha value is -3.05. The third kappa shape index (κ3) is 2.95. The fourth-order valence-electron chi connectivity index (χ4n) is 2.70. The van der Waals surface area contributed by atoms with Crippen molar-refractivity contribution in [2.45, 2.75) is 13.8 Å². The lowest BCUT2D eigenvalue weighted by Gasteiger charge is -2.10. The molecule has 2 rings (SSSR count). The number of allylic oxidation sites excluding steroid dienone is 2. The van der Waals surface area contributed by atoms with Crippen LogP contribution >= 0.6 is 0 Å². The fourth-order valence-corrected chi connectivity index (χ4v) is 2.70. The minimum atomic E-state index is 0.642. The number of aromatic nitrogens is 1. The molecule has 0 atom stereocenters. The summed E-state index contributed by atoms with van der Waals surface area (Å²) in [7, 11) is 0. The number of rotatable bonds is 5. The molecule has 2 heteroatoms. The van der Waals surface area contributed by atoms with Crippen LogP contribution in [0.1, 0.15) is 41.9 Å². The van der Waals surface area contributed by atoms with Crippen LogP contribution in [0.4, 0.5) is 0 Å². The predicted octanol–water partition coefficient (Wildman–Crippen LogP) is 5.70. The van der Waals surface area contributed by atoms with Crippen LogP contribution in [0.2, 0.25) is 0 Å². The Morgan fingerprint density at radius 1 is 0.913 bits per heavy atom. The molecular weight excluding hydrogens is 280 g/mol. The lowest BCUT2D eigenvalue weighted by atomic mass is 10.1. The summed E-state index contributed by atoms with van der Waals surface area (Å²) in [5.74, 6) is 0. The molecule has 0 aliphatic carbocycles. The number of benzene rings is 1. The van der Waals surface area contributed by atoms with Crippen LogP contribution in [0.25, 0.3) is 30.0 Å². The number of nitriles is 1. The molecule has 1 aromatic heterocycles. The van der Waals surface area contributed by atoms with Crippen molar-refractivity contribution in [2.24, 2.45) is 0 Å². The fraction of sp³-hybridized carbons (Fsp3) is 0.0952. The molecule has 0 unspecified atom stereocenters. The van der Waals surface area contributed by atoms with Gasteiger partial charge in [0, 0.05) is 16.8 Å². The van der Waals surface area contributed by atoms with Crippen molar-refractivity contribution >= 4 is 24.3 Å². The lowest BCUT2D eigenvalue weighted by molar-refractivity contribution is 1.04. The van der Waals surface area contributed by atoms with Gasteiger partial charge in [0.1, 0.15) is 0 Å². The highest BCUT2D eigenvalue weighted by Gasteiger charge is 2.17. The van der Waals surface area contributed by atoms with Crippen molar-refractivity contribution in [3.8, 4) is 11.8 Å². The number of hydrogen-bond donors (Lipinski definition) is 0. The van der Waals surface area contributed by atoms with Gasteiger partial charge in [-0.05, 0) is 50.3 Å². The Morgan fingerprint density at radius 3 is 1.74 bits per heavy atom. The molecule has 0 fully saturated rings. The highest BCUT2D eigenvalue weighted by atomic mass is 15.0. The molecular formula is C21H20N2. The molecule has 0 radical (unpaired) electrons. The van der Waals surface area contributed by atoms with E-state index in [-0.39, 0.29) is 0 Å². The van der Waals surface area contributed by atoms with Crippen LogP contribution in [-0.4, -0.2) is 4.57 Å². The summed E-state index contributed by atoms with van der Waals surface area (Å²) in [6.07, 6.45) is 11.9. The molecule has 0 aliphatic rings. The molecule has 0 bridgehead atoms. The quantitative estimate of drug-likeness (QED) is 0.696. The van der Waals surface area contributed by atoms with Crippen molar-refractivity contribution < 1.29 is 0 Å². The van der Waals surface area contributed by atoms with Gasteiger partial charge in [-0.2, -0.15) is 5.26 Å². The van der Waals surface area contributed by atoms with Gasteiger partial charge in [-0.3, -0.25) is 0 Å². The van der Waals surface area contributed by atoms with E-state index in [1.807, 2.05) is 62.4 Å². The molecule has 114 valence electrons. The van der Waals surface area contributed by atoms with Crippen LogP contribution in [0, 0.1) is 11.3 Å². The molecule has 0 amide bonds. The van der Waals surface area contributed by atoms with E-state index in [4.69, 9.17) is 5.26 Å². The minimum Gasteiger partial charge on any atom is -0.309 e. The maximum atomic E-state index is 8.98. The topological polar surface area (TPSA) is 28.7 Å². The Bertz CT molecular complexity index is 781. The summed E-state index contributed by atoms with van der Waals surface area (Å²) >= 11 is 0. The highest BCUT2D eigenvalue weighted by Crippen LogP contribution is 2.31. The zero-order valence-corrected chi connectivity index (χ0v) is 13.6. The van der Waals surface area contributed by atoms with E-state index in [0.29, 0.717) is 5.56 Å². The Morgan fingerprint density at radius 2 is 1.39 bits per heavy atom. The first-order valence-corrected chi connectivity index (χ1v) is 7.51. The first-order chi connectivity index (χ1) is 11.2. The summed E-state index contributed by atoms with van der Waals surface area (Å²) in [4.78, 5) is 0. The molecule has 23 heavy (non-hydrogen) atoms. The van der Waals surface area contributed by atoms with Crippen LogP contribution < -0.4 is 0 Å². The van der Waals surface area contributed by atoms with Gasteiger partial charge >= 0.3 is 0 Å². The van der Waals surface area contributed by atoms with Gasteiger partial charge < -0.3 is 4.57 Å². The van der Waals surface area contributed by atoms with Crippen LogP contribution in [0.15, 0.2) is 49.6 Å². The van der Waals surface area contributed by atoms with E-state index in [1.165, 1.54) is 0 Å². The maximum absolute atomic E-state index is 8.98. The van der Waals surface area contributed by atoms with Gasteiger partial charge in [-0.1, -0.05) is 37.5 Å². The first-order valence-electron chi connectivity index (χ1n) is 7.51. The zero-order chi connectivity index (χ0) is 16.8. The normalized spacial score (nSPS) is 11.0. The van der Waals surface area contributed by atoms with Crippen molar-refractivity contribution in [1.82, 2.24) is 4.57 Å². The maximum Gasteiger partial charge on any atom is 0.0991 e. The molecule has 0 N–H and O–H groups in total. The second kappa shape index (κ2) is 7.29. The van der Waals surface area contributed by atoms with E-state index in [2.05, 4.69) is 35.9 Å². The average Bonchev–Trinajstić information content (AvgIpc) is 2.88. The van der Waals surface area contributed by atoms with E-state index in [1.54, 1.807) is 0 Å². The van der Waals surface area contributed by atoms with Gasteiger partial charge in [-0.15, -0.1) is 0 Å². The van der Waals surface area contributed by atoms with Crippen molar-refractivity contribution in [3.05, 3.63) is 77.7 Å². The molecule has 0 saturated heterocycles. The summed E-state index contributed by atoms with van der Waals surface area (Å²) in [6.45, 7) is 12.0. The summed E-state index contributed by atoms with van der Waals surface area (Å²) in [5, 5.41) is 8.98. The number of nitrogens with zero attached hydrogens (tertiary/aromatic N) is 2. The van der Waals surface area contributed by atoms with E-state index >= 15 is 0 Å². The average molecular weight is 300 g/mol. The highest BCUT2D eigenvalue weighted by molar-refractivity contribution is 5.80. The molecule has 0 saturated carbocycles. The predicted molar refractivity (Wildman–Crippen MR) is 100 cm³/mol. The monoisotopic (exact) mass is 300 g/mol. The molecule has 2 aromatic rings. The molecule has 1 heterocycles. The van der Waals surface area contributed by atoms with Crippen molar-refractivity contribution in [1.29, 1.82) is 5.26 Å². The third-order valence-electron chi connectivity index (χ3n) is 3.63. The SMILES string of the molecule is C=Cc1c(/C=C\C)c(/C=C\C)c(C=C)n1-c1ccc(C#N)cc1. The zero-order valence-electron chi connectivity index (χ0n) is 13.6. The first kappa shape index (κ1) is 16.3. The Balaban J connectivity index is 2.85. The van der Waals surface area contributed by atoms with E-state index in [0.717, 1.165) is 28.2 Å². The molecule has 1 aromatic carbocycles. The van der Waals surface area contributed by atoms with Gasteiger partial charge in [0.15, 0.2) is 0 Å². The largest absolute Gasteiger partial charge is 0.309 e. The van der Waals surface area contributed by atoms with Crippen molar-refractivity contribution in [3.63, 3.8) is 0 Å². The van der Waals surface area contributed by atoms with Gasteiger partial charge in [0.2, 0.25) is 0 Å². The van der Waals surface area contributed by atoms with E-state index < -0.39 is 0 Å². The Kier molecular flexibility index (Phi) is 5.17. The second-order valence-electron chi connectivity index (χ2n) is 5.00. The molecule has 2 nitrogen and oxygen atoms in total. The Labute approximate surface area is 138 Å². The third-order valence-corrected chi connectivity index (χ3v) is 3.63. The van der Waals surface area contributed by atoms with E-state index in [9.17, 15) is 0 Å². The van der Waals surface area contributed by atoms with Crippen molar-refractivity contribution in [2.75, 3.05) is 0 Å². The van der Waals surface area contributed by atoms with Crippen LogP contribution in [-0.2, 0) is 0 Å². The van der Waals surface area contributed by atoms with Crippen LogP contribution in [0.3, 0.4) is 0 Å². The number of hydrogen-bond acceptors (Lipinski definition) is 1. The molecule has 0 spiro atoms. The second-order valence-corrected chi connectivity index (χ2v) is 5.00. The lowest BCUT2D eigenvalue weighted by Crippen LogP contribution is -1.99. The standard InChI is InChI=1S/C21H20N2/c1-5-9-18-19(10-6-2)21(8-4)23(20(18)7-3)17-13-11-16(15-22)12-14-17/h5-14H,3-4H2,1-2H3/b9-5-,10-6-. The smallest absolute Gasteiger partial charge is 0.0991 e. The molecule has 0 aliphatic heterocycles. The summed E-state index contributed by atoms with van der Waals surface area (Å²) < 4.78 is 2.12. The minimum absolute atomic E-state index is 0.642. The summed E-state index contributed by atoms with van der Waals surface area (Å²) in [6, 6.07) is 9.67. The van der Waals surface area contributed by atoms with Gasteiger partial charge in [-0.25, -0.2) is 0 Å². The van der Waals surface area contributed by atoms with Crippen LogP contribution in [0.5, 0.6) is 0 Å².